The van der Waals surface area contributed by atoms with Gasteiger partial charge < -0.3 is 10.1 Å². The van der Waals surface area contributed by atoms with Crippen LogP contribution >= 0.6 is 34.5 Å². The quantitative estimate of drug-likeness (QED) is 0.376. The largest absolute Gasteiger partial charge is 0.482 e. The Hall–Kier alpha value is -2.93. The Morgan fingerprint density at radius 2 is 1.93 bits per heavy atom. The Balaban J connectivity index is 1.42. The first-order valence-corrected chi connectivity index (χ1v) is 10.6. The highest BCUT2D eigenvalue weighted by atomic mass is 35.5. The molecule has 0 bridgehead atoms. The van der Waals surface area contributed by atoms with Gasteiger partial charge in [-0.3, -0.25) is 9.78 Å². The number of carbonyl (C=O) groups is 1. The van der Waals surface area contributed by atoms with Crippen molar-refractivity contribution in [3.63, 3.8) is 0 Å². The number of nitrogens with zero attached hydrogens (tertiary/aromatic N) is 2. The van der Waals surface area contributed by atoms with Crippen molar-refractivity contribution in [2.45, 2.75) is 0 Å². The Labute approximate surface area is 187 Å². The molecular weight excluding hydrogens is 441 g/mol. The highest BCUT2D eigenvalue weighted by Gasteiger charge is 2.10. The van der Waals surface area contributed by atoms with Gasteiger partial charge >= 0.3 is 0 Å². The number of halogens is 2. The summed E-state index contributed by atoms with van der Waals surface area (Å²) in [4.78, 5) is 21.1. The number of hydrogen-bond donors (Lipinski definition) is 1. The normalized spacial score (nSPS) is 10.6. The van der Waals surface area contributed by atoms with Crippen molar-refractivity contribution in [2.75, 3.05) is 11.9 Å². The first-order valence-electron chi connectivity index (χ1n) is 8.92. The number of anilines is 1. The molecule has 2 heterocycles. The molecule has 0 saturated carbocycles. The number of pyridine rings is 1. The van der Waals surface area contributed by atoms with Crippen molar-refractivity contribution in [3.8, 4) is 27.6 Å². The lowest BCUT2D eigenvalue weighted by Gasteiger charge is -2.09. The summed E-state index contributed by atoms with van der Waals surface area (Å²) in [6.45, 7) is -0.173. The summed E-state index contributed by atoms with van der Waals surface area (Å²) in [6.07, 6.45) is 3.51. The van der Waals surface area contributed by atoms with Gasteiger partial charge in [0.2, 0.25) is 0 Å². The van der Waals surface area contributed by atoms with Crippen LogP contribution in [0.3, 0.4) is 0 Å². The number of benzene rings is 2. The molecule has 0 saturated heterocycles. The lowest BCUT2D eigenvalue weighted by atomic mass is 10.1. The summed E-state index contributed by atoms with van der Waals surface area (Å²) < 4.78 is 5.47. The van der Waals surface area contributed by atoms with Gasteiger partial charge in [-0.25, -0.2) is 4.98 Å². The van der Waals surface area contributed by atoms with E-state index < -0.39 is 0 Å². The van der Waals surface area contributed by atoms with E-state index in [1.165, 1.54) is 0 Å². The third kappa shape index (κ3) is 4.97. The molecule has 0 radical (unpaired) electrons. The lowest BCUT2D eigenvalue weighted by molar-refractivity contribution is -0.118. The number of ether oxygens (including phenoxy) is 1. The number of rotatable bonds is 6. The van der Waals surface area contributed by atoms with Crippen LogP contribution in [0.5, 0.6) is 5.75 Å². The van der Waals surface area contributed by atoms with Gasteiger partial charge in [0.15, 0.2) is 6.61 Å². The average molecular weight is 456 g/mol. The molecule has 1 N–H and O–H groups in total. The maximum absolute atomic E-state index is 12.3. The molecule has 0 spiro atoms. The monoisotopic (exact) mass is 455 g/mol. The lowest BCUT2D eigenvalue weighted by Crippen LogP contribution is -2.20. The molecule has 30 heavy (non-hydrogen) atoms. The fourth-order valence-electron chi connectivity index (χ4n) is 2.72. The fourth-order valence-corrected chi connectivity index (χ4v) is 4.00. The predicted octanol–water partition coefficient (Wildman–Crippen LogP) is 6.20. The zero-order chi connectivity index (χ0) is 20.9. The van der Waals surface area contributed by atoms with E-state index in [1.54, 1.807) is 41.9 Å². The second-order valence-corrected chi connectivity index (χ2v) is 7.97. The van der Waals surface area contributed by atoms with Gasteiger partial charge in [-0.15, -0.1) is 11.3 Å². The van der Waals surface area contributed by atoms with Gasteiger partial charge in [0.1, 0.15) is 10.8 Å². The maximum atomic E-state index is 12.3. The van der Waals surface area contributed by atoms with Crippen LogP contribution in [0.2, 0.25) is 10.0 Å². The average Bonchev–Trinajstić information content (AvgIpc) is 3.24. The van der Waals surface area contributed by atoms with Crippen LogP contribution in [-0.4, -0.2) is 22.5 Å². The van der Waals surface area contributed by atoms with E-state index in [4.69, 9.17) is 27.9 Å². The van der Waals surface area contributed by atoms with E-state index in [-0.39, 0.29) is 12.5 Å². The summed E-state index contributed by atoms with van der Waals surface area (Å²) in [5, 5.41) is 6.55. The van der Waals surface area contributed by atoms with E-state index in [9.17, 15) is 4.79 Å². The first kappa shape index (κ1) is 20.3. The Morgan fingerprint density at radius 1 is 1.07 bits per heavy atom. The molecule has 1 amide bonds. The summed E-state index contributed by atoms with van der Waals surface area (Å²) in [6, 6.07) is 16.2. The summed E-state index contributed by atoms with van der Waals surface area (Å²) in [7, 11) is 0. The molecule has 0 aliphatic heterocycles. The number of thiazole rings is 1. The van der Waals surface area contributed by atoms with Crippen LogP contribution in [0.15, 0.2) is 72.4 Å². The van der Waals surface area contributed by atoms with E-state index in [0.29, 0.717) is 21.5 Å². The van der Waals surface area contributed by atoms with Gasteiger partial charge in [0.25, 0.3) is 5.91 Å². The molecule has 2 aromatic carbocycles. The molecule has 0 aliphatic carbocycles. The predicted molar refractivity (Wildman–Crippen MR) is 121 cm³/mol. The number of nitrogens with one attached hydrogen (secondary N) is 1. The molecule has 5 nitrogen and oxygen atoms in total. The Bertz CT molecular complexity index is 1180. The summed E-state index contributed by atoms with van der Waals surface area (Å²) in [5.41, 5.74) is 3.36. The van der Waals surface area contributed by atoms with Crippen LogP contribution in [0.25, 0.3) is 21.8 Å². The van der Waals surface area contributed by atoms with Gasteiger partial charge in [0.05, 0.1) is 10.7 Å². The molecular formula is C22H15Cl2N3O2S. The smallest absolute Gasteiger partial charge is 0.262 e. The van der Waals surface area contributed by atoms with Gasteiger partial charge in [-0.1, -0.05) is 35.3 Å². The number of carbonyl (C=O) groups excluding carboxylic acids is 1. The highest BCUT2D eigenvalue weighted by molar-refractivity contribution is 7.13. The van der Waals surface area contributed by atoms with Crippen LogP contribution in [-0.2, 0) is 4.79 Å². The van der Waals surface area contributed by atoms with E-state index >= 15 is 0 Å². The summed E-state index contributed by atoms with van der Waals surface area (Å²) >= 11 is 13.5. The molecule has 4 aromatic rings. The van der Waals surface area contributed by atoms with Crippen molar-refractivity contribution < 1.29 is 9.53 Å². The standard InChI is InChI=1S/C22H15Cl2N3O2S/c23-16-6-7-20(18(24)10-16)29-12-21(28)26-17-5-1-3-14(9-17)19-13-30-22(27-19)15-4-2-8-25-11-15/h1-11,13H,12H2,(H,26,28). The van der Waals surface area contributed by atoms with Crippen molar-refractivity contribution >= 4 is 46.1 Å². The van der Waals surface area contributed by atoms with E-state index in [2.05, 4.69) is 15.3 Å². The molecule has 0 fully saturated rings. The maximum Gasteiger partial charge on any atom is 0.262 e. The molecule has 4 rings (SSSR count). The fraction of sp³-hybridized carbons (Fsp3) is 0.0455. The first-order chi connectivity index (χ1) is 14.6. The zero-order valence-electron chi connectivity index (χ0n) is 15.5. The van der Waals surface area contributed by atoms with E-state index in [1.807, 2.05) is 41.8 Å². The zero-order valence-corrected chi connectivity index (χ0v) is 17.8. The molecule has 8 heteroatoms. The molecule has 0 atom stereocenters. The van der Waals surface area contributed by atoms with Crippen molar-refractivity contribution in [1.29, 1.82) is 0 Å². The minimum Gasteiger partial charge on any atom is -0.482 e. The van der Waals surface area contributed by atoms with Crippen molar-refractivity contribution in [2.24, 2.45) is 0 Å². The SMILES string of the molecule is O=C(COc1ccc(Cl)cc1Cl)Nc1cccc(-c2csc(-c3cccnc3)n2)c1. The summed E-state index contributed by atoms with van der Waals surface area (Å²) in [5.74, 6) is 0.0999. The highest BCUT2D eigenvalue weighted by Crippen LogP contribution is 2.30. The van der Waals surface area contributed by atoms with Crippen molar-refractivity contribution in [3.05, 3.63) is 82.4 Å². The minimum absolute atomic E-state index is 0.173. The van der Waals surface area contributed by atoms with Gasteiger partial charge in [-0.2, -0.15) is 0 Å². The number of aromatic nitrogens is 2. The second-order valence-electron chi connectivity index (χ2n) is 6.27. The molecule has 0 unspecified atom stereocenters. The second kappa shape index (κ2) is 9.26. The van der Waals surface area contributed by atoms with Crippen LogP contribution in [0.1, 0.15) is 0 Å². The minimum atomic E-state index is -0.299. The van der Waals surface area contributed by atoms with Crippen molar-refractivity contribution in [1.82, 2.24) is 9.97 Å². The number of hydrogen-bond acceptors (Lipinski definition) is 5. The molecule has 0 aliphatic rings. The van der Waals surface area contributed by atoms with Gasteiger partial charge in [-0.05, 0) is 42.5 Å². The third-order valence-electron chi connectivity index (χ3n) is 4.11. The Kier molecular flexibility index (Phi) is 6.28. The third-order valence-corrected chi connectivity index (χ3v) is 5.53. The van der Waals surface area contributed by atoms with Crippen LogP contribution in [0, 0.1) is 0 Å². The van der Waals surface area contributed by atoms with E-state index in [0.717, 1.165) is 21.8 Å². The topological polar surface area (TPSA) is 64.1 Å². The molecule has 2 aromatic heterocycles. The van der Waals surface area contributed by atoms with Crippen LogP contribution in [0.4, 0.5) is 5.69 Å². The van der Waals surface area contributed by atoms with Crippen LogP contribution < -0.4 is 10.1 Å². The number of amides is 1. The Morgan fingerprint density at radius 3 is 2.73 bits per heavy atom. The molecule has 150 valence electrons. The van der Waals surface area contributed by atoms with Gasteiger partial charge in [0, 0.05) is 39.6 Å².